The largest absolute Gasteiger partial charge is 0.456 e. The van der Waals surface area contributed by atoms with Crippen LogP contribution in [-0.2, 0) is 14.3 Å². The summed E-state index contributed by atoms with van der Waals surface area (Å²) in [5, 5.41) is 4.81. The van der Waals surface area contributed by atoms with Crippen LogP contribution in [0.1, 0.15) is 65.7 Å². The molecule has 0 heterocycles. The normalized spacial score (nSPS) is 35.1. The minimum Gasteiger partial charge on any atom is -0.456 e. The molecule has 2 atom stereocenters. The molecule has 0 spiro atoms. The van der Waals surface area contributed by atoms with Gasteiger partial charge in [0.25, 0.3) is 5.91 Å². The molecule has 7 heteroatoms. The van der Waals surface area contributed by atoms with E-state index in [1.54, 1.807) is 0 Å². The van der Waals surface area contributed by atoms with E-state index >= 15 is 0 Å². The van der Waals surface area contributed by atoms with Gasteiger partial charge in [0.2, 0.25) is 0 Å². The van der Waals surface area contributed by atoms with E-state index in [9.17, 15) is 14.4 Å². The third-order valence-electron chi connectivity index (χ3n) is 5.74. The Bertz CT molecular complexity index is 599. The van der Waals surface area contributed by atoms with Crippen molar-refractivity contribution in [3.05, 3.63) is 0 Å². The van der Waals surface area contributed by atoms with E-state index in [-0.39, 0.29) is 15.7 Å². The van der Waals surface area contributed by atoms with Crippen LogP contribution in [0.5, 0.6) is 0 Å². The fourth-order valence-corrected chi connectivity index (χ4v) is 7.09. The van der Waals surface area contributed by atoms with Crippen LogP contribution in [0, 0.1) is 17.3 Å². The van der Waals surface area contributed by atoms with Gasteiger partial charge < -0.3 is 10.1 Å². The molecule has 0 aromatic rings. The van der Waals surface area contributed by atoms with Crippen molar-refractivity contribution >= 4 is 33.8 Å². The maximum Gasteiger partial charge on any atom is 0.321 e. The van der Waals surface area contributed by atoms with Crippen LogP contribution in [0.2, 0.25) is 0 Å². The van der Waals surface area contributed by atoms with Crippen molar-refractivity contribution in [3.8, 4) is 0 Å². The monoisotopic (exact) mass is 428 g/mol. The molecule has 146 valence electrons. The van der Waals surface area contributed by atoms with Gasteiger partial charge in [-0.05, 0) is 76.5 Å². The van der Waals surface area contributed by atoms with Gasteiger partial charge in [-0.1, -0.05) is 15.9 Å². The van der Waals surface area contributed by atoms with Crippen molar-refractivity contribution in [3.63, 3.8) is 0 Å². The molecule has 4 fully saturated rings. The smallest absolute Gasteiger partial charge is 0.321 e. The number of carbonyl (C=O) groups excluding carboxylic acids is 3. The maximum atomic E-state index is 12.3. The number of esters is 1. The number of hydrogen-bond acceptors (Lipinski definition) is 4. The summed E-state index contributed by atoms with van der Waals surface area (Å²) in [6.07, 6.45) is 7.28. The number of imide groups is 1. The summed E-state index contributed by atoms with van der Waals surface area (Å²) < 4.78 is 5.35. The van der Waals surface area contributed by atoms with E-state index in [1.165, 1.54) is 19.3 Å². The Morgan fingerprint density at radius 1 is 1.12 bits per heavy atom. The molecule has 4 saturated carbocycles. The molecule has 0 saturated heterocycles. The summed E-state index contributed by atoms with van der Waals surface area (Å²) in [6.45, 7) is 5.04. The van der Waals surface area contributed by atoms with Gasteiger partial charge in [-0.15, -0.1) is 0 Å². The molecule has 0 aromatic carbocycles. The van der Waals surface area contributed by atoms with Crippen LogP contribution in [-0.4, -0.2) is 34.4 Å². The van der Waals surface area contributed by atoms with E-state index in [0.29, 0.717) is 18.3 Å². The Morgan fingerprint density at radius 3 is 2.27 bits per heavy atom. The molecule has 4 rings (SSSR count). The first-order valence-electron chi connectivity index (χ1n) is 9.43. The first kappa shape index (κ1) is 19.6. The minimum absolute atomic E-state index is 0.0186. The summed E-state index contributed by atoms with van der Waals surface area (Å²) in [7, 11) is 0. The molecule has 4 bridgehead atoms. The molecular formula is C19H29BrN2O4. The predicted octanol–water partition coefficient (Wildman–Crippen LogP) is 3.28. The number of amides is 3. The van der Waals surface area contributed by atoms with Crippen LogP contribution in [0.25, 0.3) is 0 Å². The summed E-state index contributed by atoms with van der Waals surface area (Å²) in [5.41, 5.74) is -0.421. The van der Waals surface area contributed by atoms with Crippen molar-refractivity contribution in [2.45, 2.75) is 75.6 Å². The zero-order valence-corrected chi connectivity index (χ0v) is 17.4. The lowest BCUT2D eigenvalue weighted by Crippen LogP contribution is -2.53. The number of hydrogen-bond donors (Lipinski definition) is 2. The van der Waals surface area contributed by atoms with Crippen LogP contribution in [0.3, 0.4) is 0 Å². The Morgan fingerprint density at radius 2 is 1.73 bits per heavy atom. The fourth-order valence-electron chi connectivity index (χ4n) is 5.58. The molecule has 4 aliphatic carbocycles. The summed E-state index contributed by atoms with van der Waals surface area (Å²) in [6, 6.07) is -0.583. The molecule has 6 nitrogen and oxygen atoms in total. The average Bonchev–Trinajstić information content (AvgIpc) is 2.39. The number of ether oxygens (including phenoxy) is 1. The summed E-state index contributed by atoms with van der Waals surface area (Å²) >= 11 is 3.93. The van der Waals surface area contributed by atoms with Crippen molar-refractivity contribution < 1.29 is 19.1 Å². The standard InChI is InChI=1S/C19H29BrN2O4/c1-17(2,3)22-16(25)21-14(23)10-26-15(24)9-18-5-12-4-13(6-18)8-19(20,7-12)11-18/h12-13H,4-11H2,1-3H3,(H2,21,22,23,25)/t12-,13-,18?,19?/m0/s1. The van der Waals surface area contributed by atoms with Crippen LogP contribution >= 0.6 is 15.9 Å². The number of rotatable bonds is 4. The van der Waals surface area contributed by atoms with Gasteiger partial charge in [0, 0.05) is 9.86 Å². The van der Waals surface area contributed by atoms with Crippen molar-refractivity contribution in [2.24, 2.45) is 17.3 Å². The summed E-state index contributed by atoms with van der Waals surface area (Å²) in [5.74, 6) is 0.456. The Kier molecular flexibility index (Phi) is 5.14. The number of halogens is 1. The zero-order valence-electron chi connectivity index (χ0n) is 15.8. The Labute approximate surface area is 163 Å². The third kappa shape index (κ3) is 4.78. The highest BCUT2D eigenvalue weighted by atomic mass is 79.9. The number of carbonyl (C=O) groups is 3. The SMILES string of the molecule is CC(C)(C)NC(=O)NC(=O)COC(=O)CC12C[C@@H]3C[C@H](CC(Br)(C3)C1)C2. The second-order valence-electron chi connectivity index (χ2n) is 9.70. The van der Waals surface area contributed by atoms with Crippen molar-refractivity contribution in [1.82, 2.24) is 10.6 Å². The lowest BCUT2D eigenvalue weighted by Gasteiger charge is -2.60. The van der Waals surface area contributed by atoms with Crippen LogP contribution in [0.4, 0.5) is 4.79 Å². The second-order valence-corrected chi connectivity index (χ2v) is 11.4. The van der Waals surface area contributed by atoms with Gasteiger partial charge in [-0.2, -0.15) is 0 Å². The third-order valence-corrected chi connectivity index (χ3v) is 6.66. The van der Waals surface area contributed by atoms with E-state index < -0.39 is 24.1 Å². The zero-order chi connectivity index (χ0) is 19.2. The van der Waals surface area contributed by atoms with Gasteiger partial charge in [0.15, 0.2) is 6.61 Å². The van der Waals surface area contributed by atoms with Crippen LogP contribution < -0.4 is 10.6 Å². The van der Waals surface area contributed by atoms with E-state index in [1.807, 2.05) is 20.8 Å². The van der Waals surface area contributed by atoms with Gasteiger partial charge in [-0.25, -0.2) is 4.79 Å². The Hall–Kier alpha value is -1.11. The van der Waals surface area contributed by atoms with Gasteiger partial charge >= 0.3 is 12.0 Å². The van der Waals surface area contributed by atoms with E-state index in [0.717, 1.165) is 19.3 Å². The maximum absolute atomic E-state index is 12.3. The first-order chi connectivity index (χ1) is 12.0. The highest BCUT2D eigenvalue weighted by Crippen LogP contribution is 2.65. The van der Waals surface area contributed by atoms with Crippen LogP contribution in [0.15, 0.2) is 0 Å². The highest BCUT2D eigenvalue weighted by molar-refractivity contribution is 9.10. The number of alkyl halides is 1. The summed E-state index contributed by atoms with van der Waals surface area (Å²) in [4.78, 5) is 35.8. The molecule has 2 N–H and O–H groups in total. The molecule has 3 amide bonds. The number of nitrogens with one attached hydrogen (secondary N) is 2. The molecular weight excluding hydrogens is 400 g/mol. The lowest BCUT2D eigenvalue weighted by molar-refractivity contribution is -0.154. The number of urea groups is 1. The average molecular weight is 429 g/mol. The topological polar surface area (TPSA) is 84.5 Å². The van der Waals surface area contributed by atoms with E-state index in [2.05, 4.69) is 26.6 Å². The molecule has 0 unspecified atom stereocenters. The second kappa shape index (κ2) is 6.80. The molecule has 26 heavy (non-hydrogen) atoms. The quantitative estimate of drug-likeness (QED) is 0.531. The van der Waals surface area contributed by atoms with E-state index in [4.69, 9.17) is 4.74 Å². The molecule has 0 radical (unpaired) electrons. The van der Waals surface area contributed by atoms with Crippen molar-refractivity contribution in [1.29, 1.82) is 0 Å². The predicted molar refractivity (Wildman–Crippen MR) is 101 cm³/mol. The van der Waals surface area contributed by atoms with Gasteiger partial charge in [-0.3, -0.25) is 14.9 Å². The fraction of sp³-hybridized carbons (Fsp3) is 0.842. The highest BCUT2D eigenvalue weighted by Gasteiger charge is 2.57. The van der Waals surface area contributed by atoms with Gasteiger partial charge in [0.05, 0.1) is 6.42 Å². The first-order valence-corrected chi connectivity index (χ1v) is 10.2. The lowest BCUT2D eigenvalue weighted by atomic mass is 9.49. The molecule has 4 aliphatic rings. The Balaban J connectivity index is 1.46. The molecule has 0 aromatic heterocycles. The van der Waals surface area contributed by atoms with Gasteiger partial charge in [0.1, 0.15) is 0 Å². The minimum atomic E-state index is -0.609. The van der Waals surface area contributed by atoms with Crippen molar-refractivity contribution in [2.75, 3.05) is 6.61 Å². The molecule has 0 aliphatic heterocycles.